The molecule has 0 radical (unpaired) electrons. The fourth-order valence-electron chi connectivity index (χ4n) is 1.67. The van der Waals surface area contributed by atoms with Crippen LogP contribution in [0.2, 0.25) is 0 Å². The molecule has 1 atom stereocenters. The van der Waals surface area contributed by atoms with Gasteiger partial charge in [-0.05, 0) is 30.4 Å². The van der Waals surface area contributed by atoms with E-state index in [1.54, 1.807) is 0 Å². The summed E-state index contributed by atoms with van der Waals surface area (Å²) < 4.78 is 0. The smallest absolute Gasteiger partial charge is 0.129 e. The molecular formula is C12H18N2. The molecule has 1 aromatic rings. The quantitative estimate of drug-likeness (QED) is 0.721. The van der Waals surface area contributed by atoms with Crippen LogP contribution in [0.4, 0.5) is 5.82 Å². The van der Waals surface area contributed by atoms with Crippen LogP contribution >= 0.6 is 0 Å². The molecule has 0 spiro atoms. The van der Waals surface area contributed by atoms with Crippen molar-refractivity contribution in [2.24, 2.45) is 0 Å². The highest BCUT2D eigenvalue weighted by Gasteiger charge is 2.11. The lowest BCUT2D eigenvalue weighted by Gasteiger charge is -2.16. The maximum absolute atomic E-state index is 4.30. The van der Waals surface area contributed by atoms with Crippen LogP contribution in [-0.2, 0) is 0 Å². The van der Waals surface area contributed by atoms with Crippen molar-refractivity contribution in [1.82, 2.24) is 4.98 Å². The Morgan fingerprint density at radius 1 is 1.64 bits per heavy atom. The minimum atomic E-state index is 0.531. The van der Waals surface area contributed by atoms with Gasteiger partial charge in [0, 0.05) is 13.2 Å². The third-order valence-electron chi connectivity index (χ3n) is 2.46. The number of hydrogen-bond acceptors (Lipinski definition) is 2. The fraction of sp³-hybridized carbons (Fsp3) is 0.417. The zero-order valence-electron chi connectivity index (χ0n) is 8.96. The van der Waals surface area contributed by atoms with Crippen molar-refractivity contribution in [3.05, 3.63) is 36.5 Å². The van der Waals surface area contributed by atoms with Gasteiger partial charge in [0.1, 0.15) is 5.82 Å². The lowest BCUT2D eigenvalue weighted by molar-refractivity contribution is 0.674. The van der Waals surface area contributed by atoms with Gasteiger partial charge in [-0.3, -0.25) is 0 Å². The highest BCUT2D eigenvalue weighted by atomic mass is 15.0. The monoisotopic (exact) mass is 190 g/mol. The van der Waals surface area contributed by atoms with Crippen LogP contribution in [0.1, 0.15) is 31.2 Å². The van der Waals surface area contributed by atoms with Gasteiger partial charge >= 0.3 is 0 Å². The zero-order chi connectivity index (χ0) is 10.4. The van der Waals surface area contributed by atoms with E-state index in [0.29, 0.717) is 5.92 Å². The van der Waals surface area contributed by atoms with E-state index >= 15 is 0 Å². The van der Waals surface area contributed by atoms with Crippen molar-refractivity contribution in [2.45, 2.75) is 25.7 Å². The minimum absolute atomic E-state index is 0.531. The van der Waals surface area contributed by atoms with Crippen molar-refractivity contribution >= 4 is 5.82 Å². The summed E-state index contributed by atoms with van der Waals surface area (Å²) in [6.45, 7) is 5.98. The van der Waals surface area contributed by atoms with E-state index in [-0.39, 0.29) is 0 Å². The Labute approximate surface area is 86.1 Å². The van der Waals surface area contributed by atoms with Gasteiger partial charge in [0.25, 0.3) is 0 Å². The van der Waals surface area contributed by atoms with Gasteiger partial charge in [0.15, 0.2) is 0 Å². The van der Waals surface area contributed by atoms with Crippen LogP contribution in [0, 0.1) is 0 Å². The molecule has 14 heavy (non-hydrogen) atoms. The van der Waals surface area contributed by atoms with Crippen LogP contribution in [0.15, 0.2) is 31.0 Å². The van der Waals surface area contributed by atoms with Crippen LogP contribution in [-0.4, -0.2) is 12.0 Å². The Kier molecular flexibility index (Phi) is 4.17. The molecular weight excluding hydrogens is 172 g/mol. The second-order valence-corrected chi connectivity index (χ2v) is 3.32. The van der Waals surface area contributed by atoms with E-state index in [2.05, 4.69) is 29.9 Å². The Balaban J connectivity index is 2.95. The first-order chi connectivity index (χ1) is 6.83. The molecule has 2 heteroatoms. The minimum Gasteiger partial charge on any atom is -0.373 e. The molecule has 2 nitrogen and oxygen atoms in total. The number of rotatable bonds is 5. The summed E-state index contributed by atoms with van der Waals surface area (Å²) in [6.07, 6.45) is 5.92. The largest absolute Gasteiger partial charge is 0.373 e. The molecule has 0 fully saturated rings. The first-order valence-electron chi connectivity index (χ1n) is 5.07. The molecule has 0 bridgehead atoms. The Morgan fingerprint density at radius 3 is 3.00 bits per heavy atom. The molecule has 0 aromatic carbocycles. The third kappa shape index (κ3) is 2.34. The van der Waals surface area contributed by atoms with Gasteiger partial charge < -0.3 is 5.32 Å². The predicted molar refractivity (Wildman–Crippen MR) is 61.6 cm³/mol. The van der Waals surface area contributed by atoms with Crippen LogP contribution in [0.25, 0.3) is 0 Å². The highest BCUT2D eigenvalue weighted by molar-refractivity contribution is 5.45. The SMILES string of the molecule is C=CCC(CC)c1cccnc1NC. The first kappa shape index (κ1) is 10.8. The second kappa shape index (κ2) is 5.43. The van der Waals surface area contributed by atoms with Gasteiger partial charge in [0.2, 0.25) is 0 Å². The molecule has 0 aliphatic carbocycles. The maximum Gasteiger partial charge on any atom is 0.129 e. The Bertz CT molecular complexity index is 294. The maximum atomic E-state index is 4.30. The zero-order valence-corrected chi connectivity index (χ0v) is 8.96. The second-order valence-electron chi connectivity index (χ2n) is 3.32. The number of nitrogens with one attached hydrogen (secondary N) is 1. The van der Waals surface area contributed by atoms with Gasteiger partial charge in [-0.15, -0.1) is 6.58 Å². The third-order valence-corrected chi connectivity index (χ3v) is 2.46. The molecule has 1 N–H and O–H groups in total. The van der Waals surface area contributed by atoms with Crippen molar-refractivity contribution in [1.29, 1.82) is 0 Å². The molecule has 1 rings (SSSR count). The van der Waals surface area contributed by atoms with E-state index in [0.717, 1.165) is 18.7 Å². The number of nitrogens with zero attached hydrogens (tertiary/aromatic N) is 1. The molecule has 0 saturated heterocycles. The van der Waals surface area contributed by atoms with E-state index in [9.17, 15) is 0 Å². The molecule has 1 unspecified atom stereocenters. The van der Waals surface area contributed by atoms with E-state index in [4.69, 9.17) is 0 Å². The summed E-state index contributed by atoms with van der Waals surface area (Å²) in [4.78, 5) is 4.30. The summed E-state index contributed by atoms with van der Waals surface area (Å²) in [5.74, 6) is 1.52. The molecule has 1 aromatic heterocycles. The normalized spacial score (nSPS) is 12.1. The van der Waals surface area contributed by atoms with Crippen molar-refractivity contribution in [3.8, 4) is 0 Å². The number of hydrogen-bond donors (Lipinski definition) is 1. The van der Waals surface area contributed by atoms with Crippen LogP contribution in [0.3, 0.4) is 0 Å². The number of pyridine rings is 1. The number of anilines is 1. The van der Waals surface area contributed by atoms with Crippen molar-refractivity contribution in [3.63, 3.8) is 0 Å². The molecule has 76 valence electrons. The average Bonchev–Trinajstić information content (AvgIpc) is 2.26. The number of aromatic nitrogens is 1. The van der Waals surface area contributed by atoms with Crippen molar-refractivity contribution in [2.75, 3.05) is 12.4 Å². The fourth-order valence-corrected chi connectivity index (χ4v) is 1.67. The lowest BCUT2D eigenvalue weighted by atomic mass is 9.94. The van der Waals surface area contributed by atoms with Crippen LogP contribution in [0.5, 0.6) is 0 Å². The van der Waals surface area contributed by atoms with Gasteiger partial charge in [-0.2, -0.15) is 0 Å². The standard InChI is InChI=1S/C12H18N2/c1-4-7-10(5-2)11-8-6-9-14-12(11)13-3/h4,6,8-10H,1,5,7H2,2-3H3,(H,13,14). The van der Waals surface area contributed by atoms with Crippen LogP contribution < -0.4 is 5.32 Å². The molecule has 0 amide bonds. The average molecular weight is 190 g/mol. The highest BCUT2D eigenvalue weighted by Crippen LogP contribution is 2.27. The molecule has 0 aliphatic rings. The summed E-state index contributed by atoms with van der Waals surface area (Å²) in [5, 5.41) is 3.12. The topological polar surface area (TPSA) is 24.9 Å². The van der Waals surface area contributed by atoms with Gasteiger partial charge in [-0.25, -0.2) is 4.98 Å². The predicted octanol–water partition coefficient (Wildman–Crippen LogP) is 3.19. The first-order valence-corrected chi connectivity index (χ1v) is 5.07. The Morgan fingerprint density at radius 2 is 2.43 bits per heavy atom. The van der Waals surface area contributed by atoms with E-state index in [1.165, 1.54) is 5.56 Å². The number of allylic oxidation sites excluding steroid dienone is 1. The van der Waals surface area contributed by atoms with Gasteiger partial charge in [-0.1, -0.05) is 19.1 Å². The molecule has 1 heterocycles. The molecule has 0 saturated carbocycles. The van der Waals surface area contributed by atoms with E-state index < -0.39 is 0 Å². The van der Waals surface area contributed by atoms with E-state index in [1.807, 2.05) is 25.4 Å². The summed E-state index contributed by atoms with van der Waals surface area (Å²) in [5.41, 5.74) is 1.29. The summed E-state index contributed by atoms with van der Waals surface area (Å²) in [6, 6.07) is 4.12. The summed E-state index contributed by atoms with van der Waals surface area (Å²) in [7, 11) is 1.91. The lowest BCUT2D eigenvalue weighted by Crippen LogP contribution is -2.03. The van der Waals surface area contributed by atoms with Crippen molar-refractivity contribution < 1.29 is 0 Å². The molecule has 0 aliphatic heterocycles. The van der Waals surface area contributed by atoms with Gasteiger partial charge in [0.05, 0.1) is 0 Å². The Hall–Kier alpha value is -1.31. The summed E-state index contributed by atoms with van der Waals surface area (Å²) >= 11 is 0.